The zero-order chi connectivity index (χ0) is 24.6. The summed E-state index contributed by atoms with van der Waals surface area (Å²) in [6, 6.07) is 18.6. The van der Waals surface area contributed by atoms with Gasteiger partial charge in [-0.25, -0.2) is 4.39 Å². The van der Waals surface area contributed by atoms with E-state index in [2.05, 4.69) is 20.8 Å². The van der Waals surface area contributed by atoms with Crippen LogP contribution in [-0.2, 0) is 5.75 Å². The highest BCUT2D eigenvalue weighted by atomic mass is 32.2. The number of amides is 1. The van der Waals surface area contributed by atoms with Gasteiger partial charge in [0.25, 0.3) is 5.91 Å². The SMILES string of the molecule is CCOc1ccc(OCC)c(NC(=O)c2ccc(-n3nnnc3SCc3ccc(F)cc3)cc2)c1. The molecule has 10 heteroatoms. The molecule has 0 aliphatic carbocycles. The first-order valence-corrected chi connectivity index (χ1v) is 12.0. The first-order valence-electron chi connectivity index (χ1n) is 11.0. The Bertz CT molecular complexity index is 1280. The second kappa shape index (κ2) is 11.5. The number of hydrogen-bond donors (Lipinski definition) is 1. The topological polar surface area (TPSA) is 91.2 Å². The summed E-state index contributed by atoms with van der Waals surface area (Å²) in [4.78, 5) is 12.9. The number of thioether (sulfide) groups is 1. The van der Waals surface area contributed by atoms with Crippen molar-refractivity contribution in [3.05, 3.63) is 83.7 Å². The van der Waals surface area contributed by atoms with Gasteiger partial charge in [0.15, 0.2) is 0 Å². The van der Waals surface area contributed by atoms with Crippen LogP contribution in [0.3, 0.4) is 0 Å². The molecule has 1 aromatic heterocycles. The molecule has 0 fully saturated rings. The fourth-order valence-corrected chi connectivity index (χ4v) is 4.10. The van der Waals surface area contributed by atoms with Crippen LogP contribution in [0, 0.1) is 5.82 Å². The number of benzene rings is 3. The molecular weight excluding hydrogens is 469 g/mol. The Balaban J connectivity index is 1.46. The summed E-state index contributed by atoms with van der Waals surface area (Å²) >= 11 is 1.43. The van der Waals surface area contributed by atoms with Gasteiger partial charge in [0.05, 0.1) is 24.6 Å². The van der Waals surface area contributed by atoms with Crippen LogP contribution in [0.1, 0.15) is 29.8 Å². The third kappa shape index (κ3) is 6.15. The molecule has 1 heterocycles. The minimum atomic E-state index is -0.284. The normalized spacial score (nSPS) is 10.7. The Hall–Kier alpha value is -3.92. The lowest BCUT2D eigenvalue weighted by Gasteiger charge is -2.14. The van der Waals surface area contributed by atoms with Crippen molar-refractivity contribution in [3.8, 4) is 17.2 Å². The quantitative estimate of drug-likeness (QED) is 0.306. The van der Waals surface area contributed by atoms with Crippen molar-refractivity contribution in [2.24, 2.45) is 0 Å². The van der Waals surface area contributed by atoms with Gasteiger partial charge in [0.2, 0.25) is 5.16 Å². The Morgan fingerprint density at radius 3 is 2.46 bits per heavy atom. The van der Waals surface area contributed by atoms with Crippen molar-refractivity contribution in [1.82, 2.24) is 20.2 Å². The predicted octanol–water partition coefficient (Wildman–Crippen LogP) is 5.14. The third-order valence-electron chi connectivity index (χ3n) is 4.91. The molecule has 35 heavy (non-hydrogen) atoms. The molecule has 0 atom stereocenters. The summed E-state index contributed by atoms with van der Waals surface area (Å²) in [5.74, 6) is 1.24. The monoisotopic (exact) mass is 493 g/mol. The Labute approximate surface area is 206 Å². The lowest BCUT2D eigenvalue weighted by atomic mass is 10.2. The van der Waals surface area contributed by atoms with E-state index in [1.165, 1.54) is 23.9 Å². The Morgan fingerprint density at radius 2 is 1.74 bits per heavy atom. The number of aromatic nitrogens is 4. The summed E-state index contributed by atoms with van der Waals surface area (Å²) in [6.07, 6.45) is 0. The van der Waals surface area contributed by atoms with E-state index in [-0.39, 0.29) is 11.7 Å². The molecule has 0 saturated heterocycles. The second-order valence-electron chi connectivity index (χ2n) is 7.31. The third-order valence-corrected chi connectivity index (χ3v) is 5.90. The molecule has 0 radical (unpaired) electrons. The van der Waals surface area contributed by atoms with Gasteiger partial charge in [-0.2, -0.15) is 4.68 Å². The number of carbonyl (C=O) groups is 1. The largest absolute Gasteiger partial charge is 0.494 e. The predicted molar refractivity (Wildman–Crippen MR) is 132 cm³/mol. The van der Waals surface area contributed by atoms with Crippen LogP contribution >= 0.6 is 11.8 Å². The van der Waals surface area contributed by atoms with Crippen molar-refractivity contribution in [2.45, 2.75) is 24.8 Å². The van der Waals surface area contributed by atoms with E-state index in [4.69, 9.17) is 9.47 Å². The minimum absolute atomic E-state index is 0.274. The van der Waals surface area contributed by atoms with Crippen LogP contribution in [0.4, 0.5) is 10.1 Å². The number of hydrogen-bond acceptors (Lipinski definition) is 7. The summed E-state index contributed by atoms with van der Waals surface area (Å²) in [5.41, 5.74) is 2.66. The maximum Gasteiger partial charge on any atom is 0.255 e. The van der Waals surface area contributed by atoms with E-state index in [9.17, 15) is 9.18 Å². The molecule has 8 nitrogen and oxygen atoms in total. The van der Waals surface area contributed by atoms with Crippen LogP contribution in [-0.4, -0.2) is 39.3 Å². The first kappa shape index (κ1) is 24.2. The maximum absolute atomic E-state index is 13.1. The second-order valence-corrected chi connectivity index (χ2v) is 8.26. The van der Waals surface area contributed by atoms with Crippen LogP contribution in [0.5, 0.6) is 11.5 Å². The summed E-state index contributed by atoms with van der Waals surface area (Å²) < 4.78 is 25.9. The zero-order valence-electron chi connectivity index (χ0n) is 19.3. The molecule has 4 rings (SSSR count). The molecule has 3 aromatic carbocycles. The fraction of sp³-hybridized carbons (Fsp3) is 0.200. The minimum Gasteiger partial charge on any atom is -0.494 e. The standard InChI is InChI=1S/C25H24FN5O3S/c1-3-33-21-13-14-23(34-4-2)22(15-21)27-24(32)18-7-11-20(12-8-18)31-25(28-29-30-31)35-16-17-5-9-19(26)10-6-17/h5-15H,3-4,16H2,1-2H3,(H,27,32). The lowest BCUT2D eigenvalue weighted by molar-refractivity contribution is 0.102. The molecule has 0 bridgehead atoms. The van der Waals surface area contributed by atoms with Gasteiger partial charge in [0.1, 0.15) is 17.3 Å². The van der Waals surface area contributed by atoms with E-state index in [0.717, 1.165) is 5.56 Å². The van der Waals surface area contributed by atoms with E-state index in [0.29, 0.717) is 52.6 Å². The van der Waals surface area contributed by atoms with E-state index < -0.39 is 0 Å². The average Bonchev–Trinajstić information content (AvgIpc) is 3.34. The summed E-state index contributed by atoms with van der Waals surface area (Å²) in [5, 5.41) is 15.4. The molecule has 0 unspecified atom stereocenters. The van der Waals surface area contributed by atoms with Crippen LogP contribution in [0.15, 0.2) is 71.9 Å². The van der Waals surface area contributed by atoms with E-state index >= 15 is 0 Å². The number of ether oxygens (including phenoxy) is 2. The van der Waals surface area contributed by atoms with Gasteiger partial charge in [0, 0.05) is 17.4 Å². The van der Waals surface area contributed by atoms with Gasteiger partial charge in [-0.15, -0.1) is 5.10 Å². The Morgan fingerprint density at radius 1 is 1.00 bits per heavy atom. The highest BCUT2D eigenvalue weighted by Crippen LogP contribution is 2.30. The summed E-state index contributed by atoms with van der Waals surface area (Å²) in [6.45, 7) is 4.77. The van der Waals surface area contributed by atoms with Crippen molar-refractivity contribution in [2.75, 3.05) is 18.5 Å². The summed E-state index contributed by atoms with van der Waals surface area (Å²) in [7, 11) is 0. The van der Waals surface area contributed by atoms with Crippen molar-refractivity contribution >= 4 is 23.4 Å². The van der Waals surface area contributed by atoms with Gasteiger partial charge < -0.3 is 14.8 Å². The van der Waals surface area contributed by atoms with Crippen LogP contribution < -0.4 is 14.8 Å². The highest BCUT2D eigenvalue weighted by Gasteiger charge is 2.14. The smallest absolute Gasteiger partial charge is 0.255 e. The molecule has 0 spiro atoms. The molecule has 1 N–H and O–H groups in total. The van der Waals surface area contributed by atoms with Crippen LogP contribution in [0.2, 0.25) is 0 Å². The number of rotatable bonds is 10. The highest BCUT2D eigenvalue weighted by molar-refractivity contribution is 7.98. The Kier molecular flexibility index (Phi) is 7.94. The molecule has 180 valence electrons. The number of nitrogens with zero attached hydrogens (tertiary/aromatic N) is 4. The number of carbonyl (C=O) groups excluding carboxylic acids is 1. The van der Waals surface area contributed by atoms with Gasteiger partial charge in [-0.05, 0) is 78.4 Å². The van der Waals surface area contributed by atoms with Crippen molar-refractivity contribution in [1.29, 1.82) is 0 Å². The molecular formula is C25H24FN5O3S. The van der Waals surface area contributed by atoms with Crippen molar-refractivity contribution in [3.63, 3.8) is 0 Å². The maximum atomic E-state index is 13.1. The van der Waals surface area contributed by atoms with Gasteiger partial charge in [-0.1, -0.05) is 23.9 Å². The zero-order valence-corrected chi connectivity index (χ0v) is 20.1. The van der Waals surface area contributed by atoms with Crippen molar-refractivity contribution < 1.29 is 18.7 Å². The molecule has 0 aliphatic heterocycles. The fourth-order valence-electron chi connectivity index (χ4n) is 3.25. The number of halogens is 1. The number of nitrogens with one attached hydrogen (secondary N) is 1. The molecule has 1 amide bonds. The molecule has 4 aromatic rings. The lowest BCUT2D eigenvalue weighted by Crippen LogP contribution is -2.13. The van der Waals surface area contributed by atoms with Gasteiger partial charge in [-0.3, -0.25) is 4.79 Å². The van der Waals surface area contributed by atoms with E-state index in [1.807, 2.05) is 13.8 Å². The number of anilines is 1. The average molecular weight is 494 g/mol. The number of tetrazole rings is 1. The van der Waals surface area contributed by atoms with Crippen LogP contribution in [0.25, 0.3) is 5.69 Å². The molecule has 0 aliphatic rings. The first-order chi connectivity index (χ1) is 17.1. The van der Waals surface area contributed by atoms with Gasteiger partial charge >= 0.3 is 0 Å². The van der Waals surface area contributed by atoms with E-state index in [1.54, 1.807) is 59.3 Å². The molecule has 0 saturated carbocycles.